The maximum Gasteiger partial charge on any atom is 0.251 e. The van der Waals surface area contributed by atoms with Crippen LogP contribution in [0.3, 0.4) is 0 Å². The fourth-order valence-corrected chi connectivity index (χ4v) is 3.20. The molecular formula is C17H24N6O2. The Morgan fingerprint density at radius 1 is 1.48 bits per heavy atom. The van der Waals surface area contributed by atoms with E-state index in [9.17, 15) is 9.59 Å². The average Bonchev–Trinajstić information content (AvgIpc) is 3.03. The molecule has 25 heavy (non-hydrogen) atoms. The average molecular weight is 344 g/mol. The quantitative estimate of drug-likeness (QED) is 0.689. The van der Waals surface area contributed by atoms with Gasteiger partial charge in [-0.25, -0.2) is 4.98 Å². The van der Waals surface area contributed by atoms with Gasteiger partial charge in [-0.15, -0.1) is 0 Å². The number of amides is 1. The molecular weight excluding hydrogens is 320 g/mol. The number of nitrogens with zero attached hydrogens (tertiary/aromatic N) is 3. The van der Waals surface area contributed by atoms with Gasteiger partial charge in [0, 0.05) is 49.1 Å². The lowest BCUT2D eigenvalue weighted by Crippen LogP contribution is -2.33. The van der Waals surface area contributed by atoms with E-state index >= 15 is 0 Å². The number of aromatic amines is 1. The van der Waals surface area contributed by atoms with Gasteiger partial charge < -0.3 is 15.6 Å². The summed E-state index contributed by atoms with van der Waals surface area (Å²) in [7, 11) is 0. The van der Waals surface area contributed by atoms with Crippen molar-refractivity contribution in [3.05, 3.63) is 45.9 Å². The molecule has 0 saturated carbocycles. The van der Waals surface area contributed by atoms with Crippen molar-refractivity contribution in [2.24, 2.45) is 0 Å². The van der Waals surface area contributed by atoms with Gasteiger partial charge in [0.05, 0.1) is 0 Å². The van der Waals surface area contributed by atoms with E-state index in [0.29, 0.717) is 30.4 Å². The Bertz CT molecular complexity index is 775. The van der Waals surface area contributed by atoms with Gasteiger partial charge in [0.2, 0.25) is 5.91 Å². The highest BCUT2D eigenvalue weighted by Gasteiger charge is 2.19. The summed E-state index contributed by atoms with van der Waals surface area (Å²) in [5, 5.41) is 10.5. The highest BCUT2D eigenvalue weighted by Crippen LogP contribution is 2.22. The number of aromatic nitrogens is 4. The Hall–Kier alpha value is -2.48. The molecule has 1 amide bonds. The molecule has 1 fully saturated rings. The van der Waals surface area contributed by atoms with Gasteiger partial charge in [-0.1, -0.05) is 0 Å². The summed E-state index contributed by atoms with van der Waals surface area (Å²) in [6, 6.07) is 3.44. The molecule has 2 aromatic rings. The minimum Gasteiger partial charge on any atom is -0.354 e. The first-order valence-electron chi connectivity index (χ1n) is 8.68. The molecule has 3 heterocycles. The Morgan fingerprint density at radius 2 is 2.36 bits per heavy atom. The van der Waals surface area contributed by atoms with Crippen molar-refractivity contribution >= 4 is 5.91 Å². The fourth-order valence-electron chi connectivity index (χ4n) is 3.20. The molecule has 134 valence electrons. The molecule has 0 spiro atoms. The van der Waals surface area contributed by atoms with Crippen LogP contribution in [0.2, 0.25) is 0 Å². The zero-order valence-electron chi connectivity index (χ0n) is 14.4. The van der Waals surface area contributed by atoms with E-state index in [1.807, 2.05) is 6.07 Å². The maximum absolute atomic E-state index is 12.2. The van der Waals surface area contributed by atoms with Crippen LogP contribution in [-0.4, -0.2) is 45.3 Å². The van der Waals surface area contributed by atoms with Crippen molar-refractivity contribution < 1.29 is 4.79 Å². The van der Waals surface area contributed by atoms with Gasteiger partial charge in [0.15, 0.2) is 0 Å². The van der Waals surface area contributed by atoms with Gasteiger partial charge in [-0.3, -0.25) is 14.3 Å². The van der Waals surface area contributed by atoms with Crippen LogP contribution in [0.15, 0.2) is 23.1 Å². The van der Waals surface area contributed by atoms with Crippen LogP contribution in [0.1, 0.15) is 36.0 Å². The van der Waals surface area contributed by atoms with Gasteiger partial charge in [0.25, 0.3) is 5.56 Å². The molecule has 1 atom stereocenters. The Morgan fingerprint density at radius 3 is 3.12 bits per heavy atom. The molecule has 8 nitrogen and oxygen atoms in total. The standard InChI is InChI=1S/C17H24N6O2/c1-12-9-16(24)22-15(21-12)5-7-19-17(25)11-23-14(4-8-20-23)13-3-2-6-18-10-13/h4,8-9,13,18H,2-3,5-7,10-11H2,1H3,(H,19,25)(H,21,22,24). The van der Waals surface area contributed by atoms with Crippen molar-refractivity contribution in [2.75, 3.05) is 19.6 Å². The first kappa shape index (κ1) is 17.3. The van der Waals surface area contributed by atoms with Crippen LogP contribution in [0.25, 0.3) is 0 Å². The summed E-state index contributed by atoms with van der Waals surface area (Å²) >= 11 is 0. The maximum atomic E-state index is 12.2. The van der Waals surface area contributed by atoms with Crippen molar-refractivity contribution in [3.63, 3.8) is 0 Å². The summed E-state index contributed by atoms with van der Waals surface area (Å²) in [6.45, 7) is 4.39. The van der Waals surface area contributed by atoms with Crippen LogP contribution in [0.5, 0.6) is 0 Å². The molecule has 3 N–H and O–H groups in total. The second-order valence-electron chi connectivity index (χ2n) is 6.39. The van der Waals surface area contributed by atoms with Crippen molar-refractivity contribution in [2.45, 2.75) is 38.6 Å². The number of piperidine rings is 1. The minimum atomic E-state index is -0.170. The monoisotopic (exact) mass is 344 g/mol. The zero-order chi connectivity index (χ0) is 17.6. The number of carbonyl (C=O) groups excluding carboxylic acids is 1. The Kier molecular flexibility index (Phi) is 5.60. The molecule has 0 bridgehead atoms. The molecule has 1 unspecified atom stereocenters. The molecule has 0 radical (unpaired) electrons. The fraction of sp³-hybridized carbons (Fsp3) is 0.529. The molecule has 8 heteroatoms. The highest BCUT2D eigenvalue weighted by molar-refractivity contribution is 5.75. The summed E-state index contributed by atoms with van der Waals surface area (Å²) in [6.07, 6.45) is 4.50. The summed E-state index contributed by atoms with van der Waals surface area (Å²) in [5.74, 6) is 0.896. The van der Waals surface area contributed by atoms with Crippen molar-refractivity contribution in [3.8, 4) is 0 Å². The molecule has 3 rings (SSSR count). The number of hydrogen-bond donors (Lipinski definition) is 3. The van der Waals surface area contributed by atoms with E-state index in [2.05, 4.69) is 25.7 Å². The van der Waals surface area contributed by atoms with E-state index in [-0.39, 0.29) is 18.0 Å². The number of rotatable bonds is 6. The third kappa shape index (κ3) is 4.76. The number of nitrogens with one attached hydrogen (secondary N) is 3. The molecule has 0 aromatic carbocycles. The molecule has 1 aliphatic heterocycles. The lowest BCUT2D eigenvalue weighted by Gasteiger charge is -2.23. The van der Waals surface area contributed by atoms with Crippen molar-refractivity contribution in [1.29, 1.82) is 0 Å². The van der Waals surface area contributed by atoms with Crippen LogP contribution >= 0.6 is 0 Å². The summed E-state index contributed by atoms with van der Waals surface area (Å²) in [5.41, 5.74) is 1.61. The largest absolute Gasteiger partial charge is 0.354 e. The normalized spacial score (nSPS) is 17.4. The third-order valence-corrected chi connectivity index (χ3v) is 4.36. The van der Waals surface area contributed by atoms with Crippen LogP contribution in [-0.2, 0) is 17.8 Å². The van der Waals surface area contributed by atoms with Gasteiger partial charge in [-0.2, -0.15) is 5.10 Å². The molecule has 1 aliphatic rings. The Balaban J connectivity index is 1.51. The van der Waals surface area contributed by atoms with E-state index in [1.165, 1.54) is 6.07 Å². The van der Waals surface area contributed by atoms with E-state index < -0.39 is 0 Å². The molecule has 2 aromatic heterocycles. The second kappa shape index (κ2) is 8.06. The van der Waals surface area contributed by atoms with E-state index in [4.69, 9.17) is 0 Å². The number of H-pyrrole nitrogens is 1. The third-order valence-electron chi connectivity index (χ3n) is 4.36. The number of aryl methyl sites for hydroxylation is 1. The van der Waals surface area contributed by atoms with Gasteiger partial charge in [-0.05, 0) is 32.4 Å². The SMILES string of the molecule is Cc1cc(=O)[nH]c(CCNC(=O)Cn2nccc2C2CCCNC2)n1. The summed E-state index contributed by atoms with van der Waals surface area (Å²) < 4.78 is 1.78. The van der Waals surface area contributed by atoms with Crippen LogP contribution < -0.4 is 16.2 Å². The van der Waals surface area contributed by atoms with Gasteiger partial charge in [0.1, 0.15) is 12.4 Å². The minimum absolute atomic E-state index is 0.0938. The summed E-state index contributed by atoms with van der Waals surface area (Å²) in [4.78, 5) is 30.5. The number of hydrogen-bond acceptors (Lipinski definition) is 5. The molecule has 1 saturated heterocycles. The first-order valence-corrected chi connectivity index (χ1v) is 8.68. The molecule has 0 aliphatic carbocycles. The van der Waals surface area contributed by atoms with Crippen molar-refractivity contribution in [1.82, 2.24) is 30.4 Å². The highest BCUT2D eigenvalue weighted by atomic mass is 16.2. The van der Waals surface area contributed by atoms with Gasteiger partial charge >= 0.3 is 0 Å². The lowest BCUT2D eigenvalue weighted by molar-refractivity contribution is -0.121. The van der Waals surface area contributed by atoms with Crippen LogP contribution in [0, 0.1) is 6.92 Å². The topological polar surface area (TPSA) is 105 Å². The van der Waals surface area contributed by atoms with E-state index in [1.54, 1.807) is 17.8 Å². The second-order valence-corrected chi connectivity index (χ2v) is 6.39. The number of carbonyl (C=O) groups is 1. The van der Waals surface area contributed by atoms with Crippen LogP contribution in [0.4, 0.5) is 0 Å². The smallest absolute Gasteiger partial charge is 0.251 e. The predicted molar refractivity (Wildman–Crippen MR) is 93.4 cm³/mol. The zero-order valence-corrected chi connectivity index (χ0v) is 14.4. The lowest BCUT2D eigenvalue weighted by atomic mass is 9.96. The first-order chi connectivity index (χ1) is 12.1. The Labute approximate surface area is 146 Å². The van der Waals surface area contributed by atoms with E-state index in [0.717, 1.165) is 31.6 Å². The predicted octanol–water partition coefficient (Wildman–Crippen LogP) is 0.101.